The van der Waals surface area contributed by atoms with Crippen LogP contribution in [-0.4, -0.2) is 25.3 Å². The van der Waals surface area contributed by atoms with Gasteiger partial charge < -0.3 is 4.74 Å². The lowest BCUT2D eigenvalue weighted by Crippen LogP contribution is -2.24. The Labute approximate surface area is 202 Å². The quantitative estimate of drug-likeness (QED) is 0.355. The first-order chi connectivity index (χ1) is 15.8. The Kier molecular flexibility index (Phi) is 6.76. The third kappa shape index (κ3) is 4.91. The zero-order valence-corrected chi connectivity index (χ0v) is 20.2. The lowest BCUT2D eigenvalue weighted by atomic mass is 10.1. The molecule has 3 aromatic carbocycles. The van der Waals surface area contributed by atoms with E-state index in [1.165, 1.54) is 19.2 Å². The number of nitrogens with one attached hydrogen (secondary N) is 1. The fraction of sp³-hybridized carbons (Fsp3) is 0.125. The molecular formula is C24H21Cl2N3O3S. The van der Waals surface area contributed by atoms with Gasteiger partial charge in [-0.1, -0.05) is 53.5 Å². The molecule has 0 fully saturated rings. The van der Waals surface area contributed by atoms with Gasteiger partial charge >= 0.3 is 0 Å². The number of halogens is 2. The monoisotopic (exact) mass is 501 g/mol. The highest BCUT2D eigenvalue weighted by Crippen LogP contribution is 2.32. The number of hydrogen-bond donors (Lipinski definition) is 1. The van der Waals surface area contributed by atoms with Crippen LogP contribution in [0.1, 0.15) is 11.3 Å². The summed E-state index contributed by atoms with van der Waals surface area (Å²) in [5.74, 6) is 0.460. The summed E-state index contributed by atoms with van der Waals surface area (Å²) in [4.78, 5) is 0.114. The molecule has 6 nitrogen and oxygen atoms in total. The first-order valence-corrected chi connectivity index (χ1v) is 12.3. The third-order valence-electron chi connectivity index (χ3n) is 5.20. The molecule has 1 heterocycles. The predicted octanol–water partition coefficient (Wildman–Crippen LogP) is 5.64. The molecule has 0 aliphatic heterocycles. The Morgan fingerprint density at radius 1 is 1.00 bits per heavy atom. The van der Waals surface area contributed by atoms with Crippen molar-refractivity contribution in [3.8, 4) is 22.7 Å². The van der Waals surface area contributed by atoms with Crippen LogP contribution in [0.25, 0.3) is 16.9 Å². The molecule has 0 aliphatic rings. The second-order valence-electron chi connectivity index (χ2n) is 7.29. The third-order valence-corrected chi connectivity index (χ3v) is 7.17. The first-order valence-electron chi connectivity index (χ1n) is 10.0. The van der Waals surface area contributed by atoms with Gasteiger partial charge in [-0.05, 0) is 43.3 Å². The maximum atomic E-state index is 12.9. The summed E-state index contributed by atoms with van der Waals surface area (Å²) in [6.45, 7) is 1.91. The lowest BCUT2D eigenvalue weighted by molar-refractivity contribution is 0.413. The van der Waals surface area contributed by atoms with Gasteiger partial charge in [0.15, 0.2) is 0 Å². The summed E-state index contributed by atoms with van der Waals surface area (Å²) in [5, 5.41) is 5.86. The molecule has 0 atom stereocenters. The molecule has 1 N–H and O–H groups in total. The highest BCUT2D eigenvalue weighted by Gasteiger charge is 2.21. The number of methoxy groups -OCH3 is 1. The average molecular weight is 502 g/mol. The number of sulfonamides is 1. The molecule has 0 unspecified atom stereocenters. The van der Waals surface area contributed by atoms with Gasteiger partial charge in [0.05, 0.1) is 40.6 Å². The Bertz CT molecular complexity index is 1400. The number of rotatable bonds is 7. The molecule has 33 heavy (non-hydrogen) atoms. The zero-order chi connectivity index (χ0) is 23.6. The lowest BCUT2D eigenvalue weighted by Gasteiger charge is -2.10. The molecule has 0 amide bonds. The van der Waals surface area contributed by atoms with Gasteiger partial charge in [-0.3, -0.25) is 0 Å². The van der Waals surface area contributed by atoms with Crippen molar-refractivity contribution in [1.29, 1.82) is 0 Å². The van der Waals surface area contributed by atoms with E-state index in [1.807, 2.05) is 37.3 Å². The molecule has 0 aliphatic carbocycles. The smallest absolute Gasteiger partial charge is 0.241 e. The predicted molar refractivity (Wildman–Crippen MR) is 131 cm³/mol. The summed E-state index contributed by atoms with van der Waals surface area (Å²) in [5.41, 5.74) is 3.77. The molecule has 0 saturated heterocycles. The van der Waals surface area contributed by atoms with Crippen LogP contribution in [0.5, 0.6) is 5.75 Å². The van der Waals surface area contributed by atoms with Crippen LogP contribution in [0.2, 0.25) is 10.0 Å². The molecular weight excluding hydrogens is 481 g/mol. The molecule has 170 valence electrons. The van der Waals surface area contributed by atoms with Crippen LogP contribution in [0, 0.1) is 6.92 Å². The van der Waals surface area contributed by atoms with Crippen molar-refractivity contribution < 1.29 is 13.2 Å². The molecule has 0 saturated carbocycles. The van der Waals surface area contributed by atoms with Crippen molar-refractivity contribution in [2.45, 2.75) is 18.4 Å². The Hall–Kier alpha value is -2.84. The van der Waals surface area contributed by atoms with Crippen molar-refractivity contribution >= 4 is 33.2 Å². The van der Waals surface area contributed by atoms with Crippen molar-refractivity contribution in [3.63, 3.8) is 0 Å². The Morgan fingerprint density at radius 3 is 2.42 bits per heavy atom. The standard InChI is InChI=1S/C24H21Cl2N3O3S/c1-16-22(15-27-33(30,31)20-7-5-6-19(14-20)32-2)28-29(23-9-4-3-8-21(23)26)24(16)17-10-12-18(25)13-11-17/h3-14,27H,15H2,1-2H3. The highest BCUT2D eigenvalue weighted by molar-refractivity contribution is 7.89. The Morgan fingerprint density at radius 2 is 1.73 bits per heavy atom. The summed E-state index contributed by atoms with van der Waals surface area (Å²) < 4.78 is 35.3. The summed E-state index contributed by atoms with van der Waals surface area (Å²) in [6.07, 6.45) is 0. The van der Waals surface area contributed by atoms with Crippen LogP contribution >= 0.6 is 23.2 Å². The van der Waals surface area contributed by atoms with Crippen LogP contribution in [0.3, 0.4) is 0 Å². The van der Waals surface area contributed by atoms with Gasteiger partial charge in [0.25, 0.3) is 0 Å². The molecule has 0 bridgehead atoms. The molecule has 1 aromatic heterocycles. The molecule has 9 heteroatoms. The fourth-order valence-corrected chi connectivity index (χ4v) is 4.83. The van der Waals surface area contributed by atoms with E-state index in [0.29, 0.717) is 27.2 Å². The van der Waals surface area contributed by atoms with Gasteiger partial charge in [-0.25, -0.2) is 17.8 Å². The first kappa shape index (κ1) is 23.3. The second-order valence-corrected chi connectivity index (χ2v) is 9.90. The van der Waals surface area contributed by atoms with Gasteiger partial charge in [0, 0.05) is 22.2 Å². The van der Waals surface area contributed by atoms with E-state index in [0.717, 1.165) is 16.8 Å². The highest BCUT2D eigenvalue weighted by atomic mass is 35.5. The van der Waals surface area contributed by atoms with E-state index in [9.17, 15) is 8.42 Å². The zero-order valence-electron chi connectivity index (χ0n) is 17.9. The number of para-hydroxylation sites is 1. The summed E-state index contributed by atoms with van der Waals surface area (Å²) in [7, 11) is -2.29. The van der Waals surface area contributed by atoms with Crippen LogP contribution in [-0.2, 0) is 16.6 Å². The minimum atomic E-state index is -3.78. The summed E-state index contributed by atoms with van der Waals surface area (Å²) >= 11 is 12.5. The van der Waals surface area contributed by atoms with E-state index < -0.39 is 10.0 Å². The molecule has 4 rings (SSSR count). The SMILES string of the molecule is COc1cccc(S(=O)(=O)NCc2nn(-c3ccccc3Cl)c(-c3ccc(Cl)cc3)c2C)c1. The van der Waals surface area contributed by atoms with Crippen LogP contribution in [0.15, 0.2) is 77.7 Å². The minimum Gasteiger partial charge on any atom is -0.497 e. The number of nitrogens with zero attached hydrogens (tertiary/aromatic N) is 2. The topological polar surface area (TPSA) is 73.2 Å². The van der Waals surface area contributed by atoms with Gasteiger partial charge in [-0.2, -0.15) is 5.10 Å². The molecule has 4 aromatic rings. The van der Waals surface area contributed by atoms with E-state index in [1.54, 1.807) is 35.0 Å². The fourth-order valence-electron chi connectivity index (χ4n) is 3.47. The maximum absolute atomic E-state index is 12.9. The van der Waals surface area contributed by atoms with Crippen molar-refractivity contribution in [2.24, 2.45) is 0 Å². The van der Waals surface area contributed by atoms with Gasteiger partial charge in [-0.15, -0.1) is 0 Å². The number of ether oxygens (including phenoxy) is 1. The van der Waals surface area contributed by atoms with Crippen LogP contribution < -0.4 is 9.46 Å². The summed E-state index contributed by atoms with van der Waals surface area (Å²) in [6, 6.07) is 21.0. The number of benzene rings is 3. The van der Waals surface area contributed by atoms with E-state index in [2.05, 4.69) is 4.72 Å². The molecule has 0 spiro atoms. The van der Waals surface area contributed by atoms with Crippen molar-refractivity contribution in [1.82, 2.24) is 14.5 Å². The number of hydrogen-bond acceptors (Lipinski definition) is 4. The maximum Gasteiger partial charge on any atom is 0.241 e. The van der Waals surface area contributed by atoms with E-state index in [-0.39, 0.29) is 11.4 Å². The van der Waals surface area contributed by atoms with Crippen LogP contribution in [0.4, 0.5) is 0 Å². The van der Waals surface area contributed by atoms with E-state index >= 15 is 0 Å². The normalized spacial score (nSPS) is 11.5. The van der Waals surface area contributed by atoms with Gasteiger partial charge in [0.1, 0.15) is 5.75 Å². The van der Waals surface area contributed by atoms with E-state index in [4.69, 9.17) is 33.0 Å². The van der Waals surface area contributed by atoms with Crippen molar-refractivity contribution in [3.05, 3.63) is 94.1 Å². The largest absolute Gasteiger partial charge is 0.497 e. The minimum absolute atomic E-state index is 0.00339. The average Bonchev–Trinajstić information content (AvgIpc) is 3.14. The molecule has 0 radical (unpaired) electrons. The van der Waals surface area contributed by atoms with Gasteiger partial charge in [0.2, 0.25) is 10.0 Å². The Balaban J connectivity index is 1.74. The second kappa shape index (κ2) is 9.57. The number of aromatic nitrogens is 2. The van der Waals surface area contributed by atoms with Crippen molar-refractivity contribution in [2.75, 3.05) is 7.11 Å².